The average molecular weight is 1480 g/mol. The standard InChI is InChI=1S/C83H148O17P2/c1-5-9-13-17-21-25-29-33-36-37-38-39-42-45-48-52-56-60-64-68-81(86)94-74-79(100-83(88)70-66-62-58-54-50-46-41-35-31-27-23-19-15-11-7-3)76-98-102(91,92)96-72-77(84)71-95-101(89,90)97-75-78(99-82(87)69-65-61-57-53-49-43-32-28-24-20-16-12-8-4)73-93-80(85)67-63-59-55-51-47-44-40-34-30-26-22-18-14-10-6-2/h9,13,21,25,33,35-36,38-39,41,45,48,56,60,77-79,84H,5-8,10-12,14-20,22-24,26-32,34,37,40,42-44,46-47,49-55,57-59,61-76H2,1-4H3,(H,89,90)(H,91,92)/b13-9-,25-21-,36-33-,39-38-,41-35-,48-45-,60-56-. The smallest absolute Gasteiger partial charge is 0.462 e. The molecule has 0 amide bonds. The molecule has 0 aliphatic carbocycles. The predicted molar refractivity (Wildman–Crippen MR) is 418 cm³/mol. The van der Waals surface area contributed by atoms with E-state index in [1.165, 1.54) is 161 Å². The number of phosphoric ester groups is 2. The van der Waals surface area contributed by atoms with E-state index in [9.17, 15) is 43.2 Å². The largest absolute Gasteiger partial charge is 0.472 e. The van der Waals surface area contributed by atoms with Gasteiger partial charge < -0.3 is 33.8 Å². The number of rotatable bonds is 77. The molecule has 0 aromatic rings. The van der Waals surface area contributed by atoms with Crippen molar-refractivity contribution in [1.29, 1.82) is 0 Å². The van der Waals surface area contributed by atoms with E-state index in [1.807, 2.05) is 18.2 Å². The van der Waals surface area contributed by atoms with Gasteiger partial charge in [-0.3, -0.25) is 37.3 Å². The molecular weight excluding hydrogens is 1330 g/mol. The van der Waals surface area contributed by atoms with Crippen LogP contribution in [0.1, 0.15) is 362 Å². The molecule has 19 heteroatoms. The molecule has 0 aliphatic heterocycles. The van der Waals surface area contributed by atoms with E-state index in [0.717, 1.165) is 116 Å². The van der Waals surface area contributed by atoms with E-state index in [-0.39, 0.29) is 25.7 Å². The number of esters is 4. The second-order valence-corrected chi connectivity index (χ2v) is 30.3. The van der Waals surface area contributed by atoms with Crippen LogP contribution in [0, 0.1) is 0 Å². The van der Waals surface area contributed by atoms with Crippen molar-refractivity contribution < 1.29 is 80.2 Å². The Kier molecular flexibility index (Phi) is 72.7. The van der Waals surface area contributed by atoms with Gasteiger partial charge in [-0.15, -0.1) is 0 Å². The SMILES string of the molecule is CC/C=C\C/C=C\C/C=C\C/C=C\C/C=C\C/C=C\CCC(=O)OCC(COP(=O)(O)OCC(O)COP(=O)(O)OCC(COC(=O)CCCCCCCCCCCCCCCCC)OC(=O)CCCCCCCCCCCCCCC)OC(=O)CCCCCCC/C=C\CCCCCCCC. The number of ether oxygens (including phenoxy) is 4. The molecule has 0 spiro atoms. The maximum atomic E-state index is 13.1. The summed E-state index contributed by atoms with van der Waals surface area (Å²) < 4.78 is 68.6. The molecule has 102 heavy (non-hydrogen) atoms. The van der Waals surface area contributed by atoms with Gasteiger partial charge in [0.05, 0.1) is 26.4 Å². The van der Waals surface area contributed by atoms with Crippen LogP contribution >= 0.6 is 15.6 Å². The van der Waals surface area contributed by atoms with E-state index >= 15 is 0 Å². The molecule has 0 saturated heterocycles. The molecule has 0 heterocycles. The second kappa shape index (κ2) is 75.5. The number of aliphatic hydroxyl groups excluding tert-OH is 1. The normalized spacial score (nSPS) is 14.3. The van der Waals surface area contributed by atoms with Gasteiger partial charge in [-0.05, 0) is 89.9 Å². The minimum absolute atomic E-state index is 0.0363. The highest BCUT2D eigenvalue weighted by atomic mass is 31.2. The summed E-state index contributed by atoms with van der Waals surface area (Å²) in [6, 6.07) is 0. The summed E-state index contributed by atoms with van der Waals surface area (Å²) in [5, 5.41) is 10.6. The molecule has 0 bridgehead atoms. The highest BCUT2D eigenvalue weighted by Gasteiger charge is 2.30. The quantitative estimate of drug-likeness (QED) is 0.0169. The van der Waals surface area contributed by atoms with Crippen LogP contribution in [0.2, 0.25) is 0 Å². The molecule has 0 aromatic heterocycles. The number of carbonyl (C=O) groups excluding carboxylic acids is 4. The number of phosphoric acid groups is 2. The minimum Gasteiger partial charge on any atom is -0.462 e. The zero-order valence-electron chi connectivity index (χ0n) is 64.8. The van der Waals surface area contributed by atoms with E-state index in [1.54, 1.807) is 0 Å². The van der Waals surface area contributed by atoms with Crippen LogP contribution in [0.4, 0.5) is 0 Å². The number of aliphatic hydroxyl groups is 1. The fourth-order valence-corrected chi connectivity index (χ4v) is 12.8. The molecule has 0 radical (unpaired) electrons. The van der Waals surface area contributed by atoms with Crippen molar-refractivity contribution in [2.75, 3.05) is 39.6 Å². The molecule has 0 aliphatic rings. The third-order valence-corrected chi connectivity index (χ3v) is 19.3. The van der Waals surface area contributed by atoms with Crippen molar-refractivity contribution in [3.8, 4) is 0 Å². The van der Waals surface area contributed by atoms with Crippen molar-refractivity contribution >= 4 is 39.5 Å². The fraction of sp³-hybridized carbons (Fsp3) is 0.783. The summed E-state index contributed by atoms with van der Waals surface area (Å²) in [5.41, 5.74) is 0. The number of carbonyl (C=O) groups is 4. The molecule has 5 unspecified atom stereocenters. The topological polar surface area (TPSA) is 237 Å². The van der Waals surface area contributed by atoms with Gasteiger partial charge in [0, 0.05) is 25.7 Å². The summed E-state index contributed by atoms with van der Waals surface area (Å²) >= 11 is 0. The van der Waals surface area contributed by atoms with Crippen molar-refractivity contribution in [1.82, 2.24) is 0 Å². The van der Waals surface area contributed by atoms with Gasteiger partial charge in [-0.1, -0.05) is 331 Å². The first-order chi connectivity index (χ1) is 49.7. The van der Waals surface area contributed by atoms with Crippen LogP contribution in [0.15, 0.2) is 85.1 Å². The molecule has 592 valence electrons. The lowest BCUT2D eigenvalue weighted by Crippen LogP contribution is -2.30. The van der Waals surface area contributed by atoms with E-state index < -0.39 is 97.5 Å². The highest BCUT2D eigenvalue weighted by molar-refractivity contribution is 7.47. The molecular formula is C83H148O17P2. The number of allylic oxidation sites excluding steroid dienone is 14. The Hall–Kier alpha value is -3.76. The lowest BCUT2D eigenvalue weighted by Gasteiger charge is -2.21. The summed E-state index contributed by atoms with van der Waals surface area (Å²) in [6.45, 7) is 4.73. The molecule has 0 rings (SSSR count). The first-order valence-electron chi connectivity index (χ1n) is 40.8. The van der Waals surface area contributed by atoms with Crippen molar-refractivity contribution in [3.05, 3.63) is 85.1 Å². The maximum absolute atomic E-state index is 13.1. The van der Waals surface area contributed by atoms with Crippen LogP contribution < -0.4 is 0 Å². The van der Waals surface area contributed by atoms with Gasteiger partial charge in [0.1, 0.15) is 19.3 Å². The van der Waals surface area contributed by atoms with Crippen LogP contribution in [0.5, 0.6) is 0 Å². The molecule has 0 aromatic carbocycles. The Morgan fingerprint density at radius 1 is 0.284 bits per heavy atom. The molecule has 0 fully saturated rings. The lowest BCUT2D eigenvalue weighted by molar-refractivity contribution is -0.161. The van der Waals surface area contributed by atoms with Crippen molar-refractivity contribution in [2.45, 2.75) is 380 Å². The van der Waals surface area contributed by atoms with Gasteiger partial charge >= 0.3 is 39.5 Å². The summed E-state index contributed by atoms with van der Waals surface area (Å²) in [6.07, 6.45) is 78.6. The summed E-state index contributed by atoms with van der Waals surface area (Å²) in [5.74, 6) is -2.25. The van der Waals surface area contributed by atoms with E-state index in [0.29, 0.717) is 32.1 Å². The van der Waals surface area contributed by atoms with E-state index in [2.05, 4.69) is 94.5 Å². The second-order valence-electron chi connectivity index (χ2n) is 27.3. The Bertz CT molecular complexity index is 2260. The van der Waals surface area contributed by atoms with Crippen LogP contribution in [0.3, 0.4) is 0 Å². The summed E-state index contributed by atoms with van der Waals surface area (Å²) in [4.78, 5) is 73.0. The van der Waals surface area contributed by atoms with Crippen LogP contribution in [-0.4, -0.2) is 96.7 Å². The van der Waals surface area contributed by atoms with Gasteiger partial charge in [0.25, 0.3) is 0 Å². The van der Waals surface area contributed by atoms with Gasteiger partial charge in [0.15, 0.2) is 12.2 Å². The summed E-state index contributed by atoms with van der Waals surface area (Å²) in [7, 11) is -9.96. The molecule has 0 saturated carbocycles. The number of unbranched alkanes of at least 4 members (excludes halogenated alkanes) is 37. The molecule has 3 N–H and O–H groups in total. The Balaban J connectivity index is 5.38. The first-order valence-corrected chi connectivity index (χ1v) is 43.8. The van der Waals surface area contributed by atoms with Gasteiger partial charge in [-0.25, -0.2) is 9.13 Å². The highest BCUT2D eigenvalue weighted by Crippen LogP contribution is 2.45. The van der Waals surface area contributed by atoms with Gasteiger partial charge in [0.2, 0.25) is 0 Å². The zero-order valence-corrected chi connectivity index (χ0v) is 66.6. The van der Waals surface area contributed by atoms with Crippen LogP contribution in [-0.2, 0) is 65.4 Å². The third kappa shape index (κ3) is 74.5. The first kappa shape index (κ1) is 98.2. The fourth-order valence-electron chi connectivity index (χ4n) is 11.2. The zero-order chi connectivity index (χ0) is 74.6. The van der Waals surface area contributed by atoms with Crippen molar-refractivity contribution in [3.63, 3.8) is 0 Å². The predicted octanol–water partition coefficient (Wildman–Crippen LogP) is 23.8. The van der Waals surface area contributed by atoms with Gasteiger partial charge in [-0.2, -0.15) is 0 Å². The third-order valence-electron chi connectivity index (χ3n) is 17.4. The monoisotopic (exact) mass is 1480 g/mol. The Morgan fingerprint density at radius 3 is 0.843 bits per heavy atom. The Labute approximate surface area is 621 Å². The van der Waals surface area contributed by atoms with E-state index in [4.69, 9.17) is 37.0 Å². The number of hydrogen-bond acceptors (Lipinski definition) is 15. The lowest BCUT2D eigenvalue weighted by atomic mass is 10.0. The molecule has 17 nitrogen and oxygen atoms in total. The van der Waals surface area contributed by atoms with Crippen LogP contribution in [0.25, 0.3) is 0 Å². The Morgan fingerprint density at radius 2 is 0.529 bits per heavy atom. The maximum Gasteiger partial charge on any atom is 0.472 e. The number of hydrogen-bond donors (Lipinski definition) is 3. The molecule has 5 atom stereocenters. The average Bonchev–Trinajstić information content (AvgIpc) is 0.924. The van der Waals surface area contributed by atoms with Crippen molar-refractivity contribution in [2.24, 2.45) is 0 Å². The minimum atomic E-state index is -4.99.